The summed E-state index contributed by atoms with van der Waals surface area (Å²) in [6.45, 7) is 101. The van der Waals surface area contributed by atoms with E-state index in [9.17, 15) is 19.2 Å². The molecule has 0 aromatic carbocycles. The quantitative estimate of drug-likeness (QED) is 0.0188. The molecule has 0 saturated heterocycles. The van der Waals surface area contributed by atoms with Crippen molar-refractivity contribution >= 4 is 221 Å². The molecule has 119 heavy (non-hydrogen) atoms. The number of amides is 2. The summed E-state index contributed by atoms with van der Waals surface area (Å²) in [6, 6.07) is 0.845. The second-order valence-corrected chi connectivity index (χ2v) is 126. The van der Waals surface area contributed by atoms with Gasteiger partial charge in [0.25, 0.3) is 0 Å². The lowest BCUT2D eigenvalue weighted by Crippen LogP contribution is -2.63. The molecule has 0 aromatic heterocycles. The van der Waals surface area contributed by atoms with E-state index < -0.39 is 221 Å². The molecule has 0 fully saturated rings. The molecule has 2 unspecified atom stereocenters. The van der Waals surface area contributed by atoms with Crippen LogP contribution in [0.4, 0.5) is 9.59 Å². The van der Waals surface area contributed by atoms with Crippen LogP contribution in [0.25, 0.3) is 0 Å². The van der Waals surface area contributed by atoms with Crippen molar-refractivity contribution in [3.8, 4) is 0 Å². The first-order chi connectivity index (χ1) is 52.3. The third-order valence-corrected chi connectivity index (χ3v) is 103. The van der Waals surface area contributed by atoms with Crippen molar-refractivity contribution in [2.75, 3.05) is 39.5 Å². The van der Waals surface area contributed by atoms with Crippen LogP contribution in [0.1, 0.15) is 12.8 Å². The summed E-state index contributed by atoms with van der Waals surface area (Å²) in [4.78, 5) is 48.2. The molecule has 2 atom stereocenters. The number of carbonyl (C=O) groups excluding carboxylic acids is 4. The van der Waals surface area contributed by atoms with Gasteiger partial charge in [-0.05, 0) is 326 Å². The minimum Gasteiger partial charge on any atom is -0.461 e. The number of hydrogen-bond donors (Lipinski definition) is 2. The first-order valence-electron chi connectivity index (χ1n) is 41.1. The van der Waals surface area contributed by atoms with E-state index in [1.54, 1.807) is 0 Å². The molecule has 0 aliphatic rings. The molecule has 0 heterocycles. The number of rotatable bonds is 60. The fourth-order valence-corrected chi connectivity index (χ4v) is 134. The van der Waals surface area contributed by atoms with E-state index in [4.69, 9.17) is 109 Å². The number of alkyl carbamates (subject to hydrolysis) is 2. The van der Waals surface area contributed by atoms with Gasteiger partial charge >= 0.3 is 204 Å². The van der Waals surface area contributed by atoms with Crippen LogP contribution < -0.4 is 10.6 Å². The molecule has 0 saturated carbocycles. The van der Waals surface area contributed by atoms with Crippen LogP contribution in [-0.2, 0) is 119 Å². The van der Waals surface area contributed by atoms with Crippen molar-refractivity contribution in [3.05, 3.63) is 25.3 Å². The molecule has 2 amide bonds. The first kappa shape index (κ1) is 120. The molecule has 0 aromatic rings. The Bertz CT molecular complexity index is 3240. The molecular weight excluding hydrogens is 1920 g/mol. The van der Waals surface area contributed by atoms with Gasteiger partial charge in [0.1, 0.15) is 13.2 Å². The first-order valence-corrected chi connectivity index (χ1v) is 106. The highest BCUT2D eigenvalue weighted by Crippen LogP contribution is 2.38. The maximum atomic E-state index is 12.7. The summed E-state index contributed by atoms with van der Waals surface area (Å²) < 4.78 is 174. The zero-order chi connectivity index (χ0) is 94.1. The van der Waals surface area contributed by atoms with Crippen LogP contribution in [0.5, 0.6) is 0 Å². The van der Waals surface area contributed by atoms with Crippen molar-refractivity contribution in [2.24, 2.45) is 0 Å². The van der Waals surface area contributed by atoms with E-state index in [2.05, 4.69) is 115 Å². The zero-order valence-electron chi connectivity index (χ0n) is 82.4. The molecular formula is C64H166N2O30Si23. The van der Waals surface area contributed by atoms with Gasteiger partial charge in [-0.25, -0.2) is 19.2 Å². The molecule has 0 bridgehead atoms. The third-order valence-electron chi connectivity index (χ3n) is 14.4. The summed E-state index contributed by atoms with van der Waals surface area (Å²) in [5, 5.41) is 5.16. The smallest absolute Gasteiger partial charge is 0.407 e. The van der Waals surface area contributed by atoms with Crippen molar-refractivity contribution < 1.29 is 129 Å². The van der Waals surface area contributed by atoms with Gasteiger partial charge in [0, 0.05) is 12.2 Å². The van der Waals surface area contributed by atoms with Crippen LogP contribution >= 0.6 is 0 Å². The monoisotopic (exact) mass is 2090 g/mol. The third kappa shape index (κ3) is 58.5. The minimum atomic E-state index is -3.35. The van der Waals surface area contributed by atoms with E-state index in [0.717, 1.165) is 12.2 Å². The maximum Gasteiger partial charge on any atom is 0.407 e. The van der Waals surface area contributed by atoms with Crippen molar-refractivity contribution in [1.82, 2.24) is 10.6 Å². The highest BCUT2D eigenvalue weighted by molar-refractivity contribution is 6.97. The Morgan fingerprint density at radius 2 is 0.370 bits per heavy atom. The molecule has 2 N–H and O–H groups in total. The lowest BCUT2D eigenvalue weighted by atomic mass is 10.5. The second-order valence-electron chi connectivity index (χ2n) is 40.4. The Hall–Kier alpha value is 1.07. The number of hydrogen-bond acceptors (Lipinski definition) is 30. The van der Waals surface area contributed by atoms with Crippen LogP contribution in [0.15, 0.2) is 25.3 Å². The molecule has 0 aliphatic heterocycles. The minimum absolute atomic E-state index is 0.0332. The van der Waals surface area contributed by atoms with Crippen molar-refractivity contribution in [3.63, 3.8) is 0 Å². The van der Waals surface area contributed by atoms with E-state index in [0.29, 0.717) is 24.9 Å². The van der Waals surface area contributed by atoms with Crippen LogP contribution in [0.3, 0.4) is 0 Å². The van der Waals surface area contributed by atoms with Crippen molar-refractivity contribution in [1.29, 1.82) is 0 Å². The van der Waals surface area contributed by atoms with E-state index >= 15 is 0 Å². The van der Waals surface area contributed by atoms with E-state index in [1.165, 1.54) is 0 Å². The zero-order valence-corrected chi connectivity index (χ0v) is 105. The number of ether oxygens (including phenoxy) is 4. The summed E-state index contributed by atoms with van der Waals surface area (Å²) in [6.07, 6.45) is 1.55. The Kier molecular flexibility index (Phi) is 45.9. The van der Waals surface area contributed by atoms with Gasteiger partial charge in [0.05, 0.1) is 26.3 Å². The predicted octanol–water partition coefficient (Wildman–Crippen LogP) is 18.2. The van der Waals surface area contributed by atoms with E-state index in [1.807, 2.05) is 210 Å². The summed E-state index contributed by atoms with van der Waals surface area (Å²) in [5.41, 5.74) is 0. The van der Waals surface area contributed by atoms with Gasteiger partial charge in [0.15, 0.2) is 16.6 Å². The Labute approximate surface area is 744 Å². The van der Waals surface area contributed by atoms with Gasteiger partial charge in [-0.3, -0.25) is 0 Å². The van der Waals surface area contributed by atoms with Crippen LogP contribution in [-0.4, -0.2) is 260 Å². The van der Waals surface area contributed by atoms with E-state index in [-0.39, 0.29) is 39.5 Å². The Balaban J connectivity index is 6.29. The van der Waals surface area contributed by atoms with Gasteiger partial charge in [-0.1, -0.05) is 13.2 Å². The SMILES string of the molecule is C=CC(=O)OCCNC(=O)OCCC[Si](C)(O[Si](C)(C)C)O[Si](C)(CCCOC(=O)NCCOC(=O)C=C)O[Si](C)(C)O[Si](C)(C)O[Si](C)(C)O[Si](C)(C)O[Si](C)(C)O[Si](C)(C)O[Si](C)(C)O[Si](C)(C)O[Si](C)(C)O[Si](C)(C)O[Si](C)(C)O[Si](C)(C)O[Si](C)(C)O[Si](C)(C)O[Si](C)(C)O[Si](C)(C)O[Si](C)(C)O[Si](C)(C)O[Si](C)(C)O[Si](C)(C)C. The summed E-state index contributed by atoms with van der Waals surface area (Å²) in [5.74, 6) is -1.20. The summed E-state index contributed by atoms with van der Waals surface area (Å²) >= 11 is 0. The normalized spacial score (nSPS) is 15.7. The highest BCUT2D eigenvalue weighted by Gasteiger charge is 2.57. The molecule has 0 rings (SSSR count). The fourth-order valence-electron chi connectivity index (χ4n) is 15.6. The predicted molar refractivity (Wildman–Crippen MR) is 526 cm³/mol. The van der Waals surface area contributed by atoms with Crippen molar-refractivity contribution in [2.45, 2.75) is 326 Å². The van der Waals surface area contributed by atoms with Gasteiger partial charge in [-0.15, -0.1) is 0 Å². The standard InChI is InChI=1S/C64H166N2O30Si23/c1-49-61(67)71-57-53-65-63(69)73-55-51-59-118(47,76-98(6,7)8)96-119(48,60-52-56-74-64(70)66-54-58-72-62(68)50-2)95-117(45,46)94-116(43,44)93-115(41,42)92-114(39,40)91-113(37,38)90-112(35,36)89-111(33,34)88-110(31,32)87-109(29,30)86-108(27,28)85-107(25,26)84-106(23,24)83-105(21,22)82-104(19,20)81-103(17,18)80-102(15,16)79-101(13,14)78-100(11,12)77-99(9,10)75-97(3,4)5/h49-50H,1-2,51-60H2,3-48H3,(H,65,69)(H,66,70). The average molecular weight is 2090 g/mol. The van der Waals surface area contributed by atoms with Gasteiger partial charge in [0.2, 0.25) is 0 Å². The fraction of sp³-hybridized carbons (Fsp3) is 0.875. The largest absolute Gasteiger partial charge is 0.461 e. The summed E-state index contributed by atoms with van der Waals surface area (Å²) in [7, 11) is -66.0. The molecule has 704 valence electrons. The molecule has 0 aliphatic carbocycles. The number of carbonyl (C=O) groups is 4. The second kappa shape index (κ2) is 45.5. The van der Waals surface area contributed by atoms with Crippen LogP contribution in [0, 0.1) is 0 Å². The topological polar surface area (TPSA) is 332 Å². The molecule has 32 nitrogen and oxygen atoms in total. The molecule has 55 heteroatoms. The Morgan fingerprint density at radius 1 is 0.210 bits per heavy atom. The lowest BCUT2D eigenvalue weighted by molar-refractivity contribution is -0.138. The molecule has 0 spiro atoms. The average Bonchev–Trinajstić information content (AvgIpc) is 0.800. The van der Waals surface area contributed by atoms with Crippen LogP contribution in [0.2, 0.25) is 313 Å². The van der Waals surface area contributed by atoms with Gasteiger partial charge < -0.3 is 120 Å². The number of nitrogens with one attached hydrogen (secondary N) is 2. The van der Waals surface area contributed by atoms with Gasteiger partial charge in [-0.2, -0.15) is 0 Å². The highest BCUT2D eigenvalue weighted by atomic mass is 28.6. The molecule has 0 radical (unpaired) electrons. The number of esters is 2. The Morgan fingerprint density at radius 3 is 0.538 bits per heavy atom. The lowest BCUT2D eigenvalue weighted by Gasteiger charge is -2.46. The maximum absolute atomic E-state index is 12.7.